The van der Waals surface area contributed by atoms with Gasteiger partial charge in [-0.3, -0.25) is 0 Å². The first-order valence-corrected chi connectivity index (χ1v) is 5.29. The Balaban J connectivity index is 0. The zero-order valence-electron chi connectivity index (χ0n) is 9.50. The van der Waals surface area contributed by atoms with E-state index < -0.39 is 0 Å². The van der Waals surface area contributed by atoms with E-state index in [0.717, 1.165) is 0 Å². The zero-order valence-corrected chi connectivity index (χ0v) is 11.8. The Morgan fingerprint density at radius 3 is 0.933 bits per heavy atom. The predicted octanol–water partition coefficient (Wildman–Crippen LogP) is 4.28. The third-order valence-electron chi connectivity index (χ3n) is 1.66. The molecule has 0 N–H and O–H groups in total. The van der Waals surface area contributed by atoms with Crippen molar-refractivity contribution >= 4 is 11.6 Å². The Bertz CT molecular complexity index is 250. The fourth-order valence-corrected chi connectivity index (χ4v) is 0.940. The van der Waals surface area contributed by atoms with Gasteiger partial charge >= 0.3 is 21.7 Å². The van der Waals surface area contributed by atoms with Crippen LogP contribution in [-0.4, -0.2) is 6.38 Å². The maximum atomic E-state index is 4.64. The van der Waals surface area contributed by atoms with Crippen LogP contribution >= 0.6 is 11.6 Å². The van der Waals surface area contributed by atoms with E-state index in [1.165, 1.54) is 17.5 Å². The molecule has 0 aliphatic heterocycles. The van der Waals surface area contributed by atoms with Crippen LogP contribution in [0.15, 0.2) is 48.5 Å². The number of rotatable bonds is 0. The summed E-state index contributed by atoms with van der Waals surface area (Å²) < 4.78 is 0. The average molecular weight is 257 g/mol. The van der Waals surface area contributed by atoms with Gasteiger partial charge in [-0.1, -0.05) is 13.8 Å². The molecule has 0 radical (unpaired) electrons. The second-order valence-electron chi connectivity index (χ2n) is 2.92. The standard InChI is InChI=1S/2C6H7.CH3Cl.Ti/c2*1-6-4-2-3-5-6;1-2;/h2*2-5H,1H3;1H3;/q2*-1;;+2. The minimum Gasteiger partial charge on any atom is -0.213 e. The molecule has 0 saturated carbocycles. The van der Waals surface area contributed by atoms with Crippen molar-refractivity contribution in [1.82, 2.24) is 0 Å². The van der Waals surface area contributed by atoms with Crippen molar-refractivity contribution in [1.29, 1.82) is 0 Å². The van der Waals surface area contributed by atoms with Crippen molar-refractivity contribution in [2.45, 2.75) is 13.8 Å². The van der Waals surface area contributed by atoms with E-state index in [2.05, 4.69) is 49.7 Å². The predicted molar refractivity (Wildman–Crippen MR) is 65.3 cm³/mol. The smallest absolute Gasteiger partial charge is 0.213 e. The molecule has 2 aromatic carbocycles. The van der Waals surface area contributed by atoms with Crippen molar-refractivity contribution in [3.05, 3.63) is 59.7 Å². The Labute approximate surface area is 113 Å². The van der Waals surface area contributed by atoms with Gasteiger partial charge < -0.3 is 0 Å². The van der Waals surface area contributed by atoms with Crippen LogP contribution in [0, 0.1) is 13.8 Å². The van der Waals surface area contributed by atoms with Crippen LogP contribution in [0.3, 0.4) is 0 Å². The summed E-state index contributed by atoms with van der Waals surface area (Å²) in [6.45, 7) is 4.17. The van der Waals surface area contributed by atoms with Gasteiger partial charge in [0.2, 0.25) is 0 Å². The van der Waals surface area contributed by atoms with Crippen molar-refractivity contribution in [2.75, 3.05) is 6.38 Å². The molecule has 0 heterocycles. The molecule has 2 heteroatoms. The van der Waals surface area contributed by atoms with Crippen LogP contribution in [0.5, 0.6) is 0 Å². The first-order valence-electron chi connectivity index (χ1n) is 4.53. The summed E-state index contributed by atoms with van der Waals surface area (Å²) in [6, 6.07) is 16.5. The summed E-state index contributed by atoms with van der Waals surface area (Å²) in [6.07, 6.45) is 1.47. The van der Waals surface area contributed by atoms with Crippen molar-refractivity contribution in [3.8, 4) is 0 Å². The second kappa shape index (κ2) is 11.8. The van der Waals surface area contributed by atoms with E-state index in [9.17, 15) is 0 Å². The fraction of sp³-hybridized carbons (Fsp3) is 0.231. The van der Waals surface area contributed by atoms with E-state index in [-0.39, 0.29) is 21.7 Å². The Kier molecular flexibility index (Phi) is 13.4. The Hall–Kier alpha value is -0.296. The largest absolute Gasteiger partial charge is 2.00 e. The first kappa shape index (κ1) is 17.1. The number of halogens is 1. The molecule has 0 bridgehead atoms. The average Bonchev–Trinajstić information content (AvgIpc) is 2.83. The molecule has 15 heavy (non-hydrogen) atoms. The van der Waals surface area contributed by atoms with Crippen LogP contribution in [-0.2, 0) is 21.7 Å². The molecule has 0 fully saturated rings. The molecule has 0 aromatic heterocycles. The van der Waals surface area contributed by atoms with Gasteiger partial charge in [0.1, 0.15) is 0 Å². The number of hydrogen-bond donors (Lipinski definition) is 0. The van der Waals surface area contributed by atoms with Gasteiger partial charge in [-0.15, -0.1) is 11.6 Å². The fourth-order valence-electron chi connectivity index (χ4n) is 0.940. The molecule has 0 amide bonds. The van der Waals surface area contributed by atoms with E-state index >= 15 is 0 Å². The quantitative estimate of drug-likeness (QED) is 0.375. The molecule has 0 saturated heterocycles. The summed E-state index contributed by atoms with van der Waals surface area (Å²) in [7, 11) is 0. The SMILES string of the molecule is CCl.C[c-]1cccc1.C[c-]1cccc1.[Ti+2]. The molecule has 0 unspecified atom stereocenters. The Morgan fingerprint density at radius 2 is 0.867 bits per heavy atom. The maximum absolute atomic E-state index is 4.64. The van der Waals surface area contributed by atoms with E-state index in [0.29, 0.717) is 0 Å². The molecule has 2 rings (SSSR count). The minimum atomic E-state index is 0. The number of aryl methyl sites for hydroxylation is 2. The van der Waals surface area contributed by atoms with Crippen LogP contribution in [0.4, 0.5) is 0 Å². The van der Waals surface area contributed by atoms with Gasteiger partial charge in [0.15, 0.2) is 0 Å². The summed E-state index contributed by atoms with van der Waals surface area (Å²) in [5.74, 6) is 0. The van der Waals surface area contributed by atoms with E-state index in [1.807, 2.05) is 24.3 Å². The monoisotopic (exact) mass is 256 g/mol. The first-order chi connectivity index (χ1) is 6.79. The van der Waals surface area contributed by atoms with Crippen LogP contribution < -0.4 is 0 Å². The molecule has 2 aromatic rings. The molecule has 0 atom stereocenters. The summed E-state index contributed by atoms with van der Waals surface area (Å²) in [4.78, 5) is 0. The third kappa shape index (κ3) is 10.00. The number of alkyl halides is 1. The van der Waals surface area contributed by atoms with Gasteiger partial charge in [0.05, 0.1) is 0 Å². The van der Waals surface area contributed by atoms with Gasteiger partial charge in [0.25, 0.3) is 0 Å². The molecular weight excluding hydrogens is 239 g/mol. The summed E-state index contributed by atoms with van der Waals surface area (Å²) in [5, 5.41) is 0. The number of hydrogen-bond acceptors (Lipinski definition) is 0. The summed E-state index contributed by atoms with van der Waals surface area (Å²) in [5.41, 5.74) is 2.69. The zero-order chi connectivity index (χ0) is 10.8. The topological polar surface area (TPSA) is 0 Å². The van der Waals surface area contributed by atoms with Gasteiger partial charge in [-0.25, -0.2) is 24.3 Å². The normalized spacial score (nSPS) is 7.47. The van der Waals surface area contributed by atoms with Crippen LogP contribution in [0.1, 0.15) is 11.1 Å². The van der Waals surface area contributed by atoms with Gasteiger partial charge in [-0.05, 0) is 0 Å². The molecule has 0 aliphatic carbocycles. The molecular formula is C13H17ClTi. The third-order valence-corrected chi connectivity index (χ3v) is 1.66. The molecule has 0 spiro atoms. The van der Waals surface area contributed by atoms with Crippen LogP contribution in [0.2, 0.25) is 0 Å². The van der Waals surface area contributed by atoms with E-state index in [1.54, 1.807) is 0 Å². The van der Waals surface area contributed by atoms with Crippen LogP contribution in [0.25, 0.3) is 0 Å². The molecule has 80 valence electrons. The van der Waals surface area contributed by atoms with Gasteiger partial charge in [0, 0.05) is 6.38 Å². The Morgan fingerprint density at radius 1 is 0.667 bits per heavy atom. The van der Waals surface area contributed by atoms with Crippen molar-refractivity contribution in [2.24, 2.45) is 0 Å². The van der Waals surface area contributed by atoms with E-state index in [4.69, 9.17) is 0 Å². The maximum Gasteiger partial charge on any atom is 2.00 e. The minimum absolute atomic E-state index is 0. The second-order valence-corrected chi connectivity index (χ2v) is 2.92. The van der Waals surface area contributed by atoms with Crippen molar-refractivity contribution in [3.63, 3.8) is 0 Å². The molecule has 0 nitrogen and oxygen atoms in total. The molecule has 0 aliphatic rings. The van der Waals surface area contributed by atoms with Crippen molar-refractivity contribution < 1.29 is 21.7 Å². The summed E-state index contributed by atoms with van der Waals surface area (Å²) >= 11 is 4.64. The van der Waals surface area contributed by atoms with Gasteiger partial charge in [-0.2, -0.15) is 35.4 Å².